The molecule has 0 unspecified atom stereocenters. The number of carbonyl (C=O) groups excluding carboxylic acids is 1. The van der Waals surface area contributed by atoms with Crippen molar-refractivity contribution in [3.05, 3.63) is 57.0 Å². The third-order valence-electron chi connectivity index (χ3n) is 5.90. The average Bonchev–Trinajstić information content (AvgIpc) is 3.05. The number of hydrogen-bond donors (Lipinski definition) is 1. The maximum atomic E-state index is 12.7. The van der Waals surface area contributed by atoms with Gasteiger partial charge < -0.3 is 5.32 Å². The fraction of sp³-hybridized carbons (Fsp3) is 0.391. The molecule has 2 aromatic heterocycles. The minimum Gasteiger partial charge on any atom is -0.315 e. The average molecular weight is 421 g/mol. The monoisotopic (exact) mass is 420 g/mol. The molecule has 0 aliphatic heterocycles. The molecule has 0 saturated carbocycles. The molecule has 0 saturated heterocycles. The molecule has 2 heterocycles. The molecule has 30 heavy (non-hydrogen) atoms. The Bertz CT molecular complexity index is 1230. The molecule has 1 atom stereocenters. The summed E-state index contributed by atoms with van der Waals surface area (Å²) in [4.78, 5) is 30.7. The first-order valence-corrected chi connectivity index (χ1v) is 10.9. The van der Waals surface area contributed by atoms with E-state index in [1.54, 1.807) is 18.2 Å². The van der Waals surface area contributed by atoms with Gasteiger partial charge in [0.1, 0.15) is 17.6 Å². The molecular formula is C23H24N4O2S. The van der Waals surface area contributed by atoms with E-state index in [1.165, 1.54) is 27.1 Å². The molecular weight excluding hydrogens is 396 g/mol. The number of nitriles is 1. The van der Waals surface area contributed by atoms with E-state index in [1.807, 2.05) is 6.07 Å². The van der Waals surface area contributed by atoms with Gasteiger partial charge in [-0.25, -0.2) is 4.98 Å². The number of amides is 1. The van der Waals surface area contributed by atoms with Gasteiger partial charge in [-0.05, 0) is 48.3 Å². The van der Waals surface area contributed by atoms with Crippen molar-refractivity contribution in [2.24, 2.45) is 11.3 Å². The number of anilines is 1. The van der Waals surface area contributed by atoms with Crippen LogP contribution >= 0.6 is 11.3 Å². The maximum absolute atomic E-state index is 12.7. The van der Waals surface area contributed by atoms with Crippen LogP contribution in [0.3, 0.4) is 0 Å². The van der Waals surface area contributed by atoms with Crippen LogP contribution in [0, 0.1) is 22.7 Å². The lowest BCUT2D eigenvalue weighted by Crippen LogP contribution is -2.27. The minimum atomic E-state index is -0.336. The lowest BCUT2D eigenvalue weighted by Gasteiger charge is -2.33. The van der Waals surface area contributed by atoms with Gasteiger partial charge in [0, 0.05) is 4.88 Å². The quantitative estimate of drug-likeness (QED) is 0.690. The third kappa shape index (κ3) is 3.75. The Hall–Kier alpha value is -2.98. The largest absolute Gasteiger partial charge is 0.315 e. The molecule has 4 rings (SSSR count). The van der Waals surface area contributed by atoms with E-state index in [9.17, 15) is 14.9 Å². The van der Waals surface area contributed by atoms with E-state index < -0.39 is 0 Å². The summed E-state index contributed by atoms with van der Waals surface area (Å²) in [6.45, 7) is 6.60. The standard InChI is InChI=1S/C23H24N4O2S/c1-23(2,3)14-8-9-15-17(11-24)21(30-19(15)10-14)26-20(28)12-27-13-25-18-7-5-4-6-16(18)22(27)29/h4-7,13-14H,8-10,12H2,1-3H3,(H,26,28)/t14-/m1/s1. The van der Waals surface area contributed by atoms with E-state index >= 15 is 0 Å². The predicted molar refractivity (Wildman–Crippen MR) is 119 cm³/mol. The molecule has 1 aromatic carbocycles. The van der Waals surface area contributed by atoms with Crippen LogP contribution in [0.2, 0.25) is 0 Å². The summed E-state index contributed by atoms with van der Waals surface area (Å²) in [5.41, 5.74) is 2.20. The molecule has 0 spiro atoms. The van der Waals surface area contributed by atoms with Crippen molar-refractivity contribution in [2.75, 3.05) is 5.32 Å². The number of nitrogens with zero attached hydrogens (tertiary/aromatic N) is 3. The first-order valence-electron chi connectivity index (χ1n) is 10.1. The van der Waals surface area contributed by atoms with Crippen LogP contribution in [-0.4, -0.2) is 15.5 Å². The lowest BCUT2D eigenvalue weighted by molar-refractivity contribution is -0.116. The van der Waals surface area contributed by atoms with E-state index in [2.05, 4.69) is 37.1 Å². The van der Waals surface area contributed by atoms with E-state index in [4.69, 9.17) is 0 Å². The highest BCUT2D eigenvalue weighted by Gasteiger charge is 2.32. The molecule has 1 amide bonds. The van der Waals surface area contributed by atoms with Gasteiger partial charge in [0.05, 0.1) is 22.8 Å². The normalized spacial score (nSPS) is 16.1. The molecule has 1 aliphatic carbocycles. The van der Waals surface area contributed by atoms with Crippen LogP contribution in [0.4, 0.5) is 5.00 Å². The van der Waals surface area contributed by atoms with Gasteiger partial charge in [0.2, 0.25) is 5.91 Å². The van der Waals surface area contributed by atoms with Gasteiger partial charge in [-0.15, -0.1) is 11.3 Å². The van der Waals surface area contributed by atoms with Crippen LogP contribution in [-0.2, 0) is 24.2 Å². The zero-order valence-corrected chi connectivity index (χ0v) is 18.2. The van der Waals surface area contributed by atoms with Crippen molar-refractivity contribution < 1.29 is 4.79 Å². The summed E-state index contributed by atoms with van der Waals surface area (Å²) < 4.78 is 1.30. The highest BCUT2D eigenvalue weighted by Crippen LogP contribution is 2.43. The summed E-state index contributed by atoms with van der Waals surface area (Å²) in [5.74, 6) is 0.220. The number of carbonyl (C=O) groups is 1. The number of thiophene rings is 1. The third-order valence-corrected chi connectivity index (χ3v) is 7.07. The van der Waals surface area contributed by atoms with Gasteiger partial charge in [-0.3, -0.25) is 14.2 Å². The summed E-state index contributed by atoms with van der Waals surface area (Å²) >= 11 is 1.49. The second-order valence-electron chi connectivity index (χ2n) is 8.87. The van der Waals surface area contributed by atoms with Crippen molar-refractivity contribution in [1.82, 2.24) is 9.55 Å². The Morgan fingerprint density at radius 1 is 1.37 bits per heavy atom. The van der Waals surface area contributed by atoms with Gasteiger partial charge in [-0.2, -0.15) is 5.26 Å². The van der Waals surface area contributed by atoms with Crippen LogP contribution in [0.15, 0.2) is 35.4 Å². The number of para-hydroxylation sites is 1. The first-order chi connectivity index (χ1) is 14.3. The van der Waals surface area contributed by atoms with Gasteiger partial charge in [0.25, 0.3) is 5.56 Å². The lowest BCUT2D eigenvalue weighted by atomic mass is 9.72. The van der Waals surface area contributed by atoms with Crippen molar-refractivity contribution in [1.29, 1.82) is 5.26 Å². The fourth-order valence-electron chi connectivity index (χ4n) is 4.07. The Morgan fingerprint density at radius 2 is 2.13 bits per heavy atom. The van der Waals surface area contributed by atoms with E-state index in [0.717, 1.165) is 24.8 Å². The SMILES string of the molecule is CC(C)(C)[C@@H]1CCc2c(sc(NC(=O)Cn3cnc4ccccc4c3=O)c2C#N)C1. The molecule has 6 nitrogen and oxygen atoms in total. The molecule has 1 aliphatic rings. The van der Waals surface area contributed by atoms with Gasteiger partial charge in [-0.1, -0.05) is 32.9 Å². The van der Waals surface area contributed by atoms with E-state index in [-0.39, 0.29) is 23.4 Å². The fourth-order valence-corrected chi connectivity index (χ4v) is 5.37. The summed E-state index contributed by atoms with van der Waals surface area (Å²) in [7, 11) is 0. The summed E-state index contributed by atoms with van der Waals surface area (Å²) in [6, 6.07) is 9.33. The smallest absolute Gasteiger partial charge is 0.261 e. The van der Waals surface area contributed by atoms with Crippen LogP contribution in [0.25, 0.3) is 10.9 Å². The topological polar surface area (TPSA) is 87.8 Å². The molecule has 7 heteroatoms. The van der Waals surface area contributed by atoms with Crippen molar-refractivity contribution >= 4 is 33.1 Å². The Labute approximate surface area is 179 Å². The van der Waals surface area contributed by atoms with E-state index in [0.29, 0.717) is 27.4 Å². The number of benzene rings is 1. The molecule has 0 radical (unpaired) electrons. The van der Waals surface area contributed by atoms with Crippen LogP contribution < -0.4 is 10.9 Å². The second-order valence-corrected chi connectivity index (χ2v) is 9.97. The van der Waals surface area contributed by atoms with Crippen LogP contribution in [0.5, 0.6) is 0 Å². The minimum absolute atomic E-state index is 0.144. The Kier molecular flexibility index (Phi) is 5.20. The number of hydrogen-bond acceptors (Lipinski definition) is 5. The molecule has 1 N–H and O–H groups in total. The maximum Gasteiger partial charge on any atom is 0.261 e. The summed E-state index contributed by atoms with van der Waals surface area (Å²) in [6.07, 6.45) is 4.24. The van der Waals surface area contributed by atoms with Gasteiger partial charge in [0.15, 0.2) is 0 Å². The van der Waals surface area contributed by atoms with Crippen molar-refractivity contribution in [3.8, 4) is 6.07 Å². The predicted octanol–water partition coefficient (Wildman–Crippen LogP) is 4.12. The second kappa shape index (κ2) is 7.69. The highest BCUT2D eigenvalue weighted by atomic mass is 32.1. The first kappa shape index (κ1) is 20.3. The number of rotatable bonds is 3. The highest BCUT2D eigenvalue weighted by molar-refractivity contribution is 7.16. The van der Waals surface area contributed by atoms with Crippen LogP contribution in [0.1, 0.15) is 43.2 Å². The molecule has 0 fully saturated rings. The van der Waals surface area contributed by atoms with Crippen molar-refractivity contribution in [3.63, 3.8) is 0 Å². The molecule has 0 bridgehead atoms. The van der Waals surface area contributed by atoms with Crippen molar-refractivity contribution in [2.45, 2.75) is 46.6 Å². The zero-order valence-electron chi connectivity index (χ0n) is 17.4. The molecule has 154 valence electrons. The Balaban J connectivity index is 1.56. The zero-order chi connectivity index (χ0) is 21.5. The number of fused-ring (bicyclic) bond motifs is 2. The Morgan fingerprint density at radius 3 is 2.87 bits per heavy atom. The molecule has 3 aromatic rings. The van der Waals surface area contributed by atoms with Gasteiger partial charge >= 0.3 is 0 Å². The number of nitrogens with one attached hydrogen (secondary N) is 1. The summed E-state index contributed by atoms with van der Waals surface area (Å²) in [5, 5.41) is 13.6. The number of aromatic nitrogens is 2.